The van der Waals surface area contributed by atoms with Gasteiger partial charge in [-0.15, -0.1) is 25.6 Å². The van der Waals surface area contributed by atoms with Crippen molar-refractivity contribution < 1.29 is 17.9 Å². The molecular weight excluding hydrogens is 305 g/mol. The number of likely N-dealkylation sites (tertiary alicyclic amines) is 1. The van der Waals surface area contributed by atoms with E-state index in [1.807, 2.05) is 13.1 Å². The average Bonchev–Trinajstić information content (AvgIpc) is 2.38. The standard InChI is InChI=1S/C14H19F3N2O.ClH/c1-18-12-5-7-19(8-6-12)10-11-3-2-4-13(9-11)20-14(15,16)17;/h2-4,9,12,18H,5-8,10H2,1H3;1H. The van der Waals surface area contributed by atoms with Crippen molar-refractivity contribution in [2.75, 3.05) is 20.1 Å². The number of nitrogens with one attached hydrogen (secondary N) is 1. The maximum atomic E-state index is 12.2. The summed E-state index contributed by atoms with van der Waals surface area (Å²) in [5.41, 5.74) is 0.842. The van der Waals surface area contributed by atoms with Crippen LogP contribution < -0.4 is 10.1 Å². The van der Waals surface area contributed by atoms with Gasteiger partial charge in [-0.3, -0.25) is 4.90 Å². The Balaban J connectivity index is 0.00000220. The highest BCUT2D eigenvalue weighted by Gasteiger charge is 2.31. The van der Waals surface area contributed by atoms with Gasteiger partial charge in [-0.1, -0.05) is 12.1 Å². The minimum Gasteiger partial charge on any atom is -0.406 e. The lowest BCUT2D eigenvalue weighted by molar-refractivity contribution is -0.274. The zero-order valence-electron chi connectivity index (χ0n) is 11.8. The van der Waals surface area contributed by atoms with Gasteiger partial charge < -0.3 is 10.1 Å². The summed E-state index contributed by atoms with van der Waals surface area (Å²) in [5.74, 6) is -0.153. The van der Waals surface area contributed by atoms with Crippen molar-refractivity contribution in [2.24, 2.45) is 0 Å². The third-order valence-corrected chi connectivity index (χ3v) is 3.53. The molecule has 3 nitrogen and oxygen atoms in total. The smallest absolute Gasteiger partial charge is 0.406 e. The summed E-state index contributed by atoms with van der Waals surface area (Å²) in [7, 11) is 1.96. The summed E-state index contributed by atoms with van der Waals surface area (Å²) in [6, 6.07) is 6.75. The van der Waals surface area contributed by atoms with Gasteiger partial charge in [0.15, 0.2) is 0 Å². The Morgan fingerprint density at radius 1 is 1.29 bits per heavy atom. The molecule has 0 aliphatic carbocycles. The van der Waals surface area contributed by atoms with Crippen LogP contribution in [0.15, 0.2) is 24.3 Å². The normalized spacial score (nSPS) is 17.3. The molecule has 7 heteroatoms. The number of hydrogen-bond donors (Lipinski definition) is 1. The van der Waals surface area contributed by atoms with Gasteiger partial charge in [-0.05, 0) is 50.7 Å². The molecule has 0 amide bonds. The quantitative estimate of drug-likeness (QED) is 0.920. The number of hydrogen-bond acceptors (Lipinski definition) is 3. The lowest BCUT2D eigenvalue weighted by atomic mass is 10.0. The van der Waals surface area contributed by atoms with Gasteiger partial charge in [0.2, 0.25) is 0 Å². The van der Waals surface area contributed by atoms with E-state index in [4.69, 9.17) is 0 Å². The molecule has 0 spiro atoms. The van der Waals surface area contributed by atoms with Crippen molar-refractivity contribution in [1.82, 2.24) is 10.2 Å². The number of benzene rings is 1. The Hall–Kier alpha value is -0.980. The molecule has 1 aliphatic heterocycles. The van der Waals surface area contributed by atoms with E-state index in [2.05, 4.69) is 15.0 Å². The highest BCUT2D eigenvalue weighted by molar-refractivity contribution is 5.85. The maximum absolute atomic E-state index is 12.2. The molecule has 1 saturated heterocycles. The van der Waals surface area contributed by atoms with Crippen LogP contribution in [0.1, 0.15) is 18.4 Å². The van der Waals surface area contributed by atoms with Gasteiger partial charge >= 0.3 is 6.36 Å². The first-order chi connectivity index (χ1) is 9.46. The Labute approximate surface area is 128 Å². The molecule has 0 atom stereocenters. The molecule has 1 aromatic rings. The summed E-state index contributed by atoms with van der Waals surface area (Å²) in [6.45, 7) is 2.57. The van der Waals surface area contributed by atoms with Gasteiger partial charge in [0, 0.05) is 12.6 Å². The monoisotopic (exact) mass is 324 g/mol. The number of halogens is 4. The Bertz CT molecular complexity index is 434. The summed E-state index contributed by atoms with van der Waals surface area (Å²) >= 11 is 0. The van der Waals surface area contributed by atoms with Crippen molar-refractivity contribution in [3.63, 3.8) is 0 Å². The molecule has 1 aliphatic rings. The van der Waals surface area contributed by atoms with Crippen LogP contribution in [0.25, 0.3) is 0 Å². The van der Waals surface area contributed by atoms with E-state index in [0.717, 1.165) is 31.5 Å². The van der Waals surface area contributed by atoms with Crippen LogP contribution in [0.3, 0.4) is 0 Å². The lowest BCUT2D eigenvalue weighted by Crippen LogP contribution is -2.40. The van der Waals surface area contributed by atoms with E-state index in [-0.39, 0.29) is 18.2 Å². The number of alkyl halides is 3. The second-order valence-corrected chi connectivity index (χ2v) is 5.03. The van der Waals surface area contributed by atoms with E-state index in [0.29, 0.717) is 12.6 Å². The van der Waals surface area contributed by atoms with Crippen LogP contribution >= 0.6 is 12.4 Å². The first-order valence-electron chi connectivity index (χ1n) is 6.70. The predicted octanol–water partition coefficient (Wildman–Crippen LogP) is 3.19. The van der Waals surface area contributed by atoms with Crippen molar-refractivity contribution in [3.05, 3.63) is 29.8 Å². The Morgan fingerprint density at radius 3 is 2.52 bits per heavy atom. The summed E-state index contributed by atoms with van der Waals surface area (Å²) in [4.78, 5) is 2.25. The minimum absolute atomic E-state index is 0. The highest BCUT2D eigenvalue weighted by Crippen LogP contribution is 2.24. The largest absolute Gasteiger partial charge is 0.573 e. The molecule has 21 heavy (non-hydrogen) atoms. The predicted molar refractivity (Wildman–Crippen MR) is 77.7 cm³/mol. The first kappa shape index (κ1) is 18.1. The third kappa shape index (κ3) is 6.11. The van der Waals surface area contributed by atoms with Crippen molar-refractivity contribution in [3.8, 4) is 5.75 Å². The molecule has 2 rings (SSSR count). The zero-order valence-corrected chi connectivity index (χ0v) is 12.6. The lowest BCUT2D eigenvalue weighted by Gasteiger charge is -2.31. The van der Waals surface area contributed by atoms with Crippen LogP contribution in [-0.4, -0.2) is 37.4 Å². The summed E-state index contributed by atoms with van der Waals surface area (Å²) < 4.78 is 40.5. The molecular formula is C14H20ClF3N2O. The summed E-state index contributed by atoms with van der Waals surface area (Å²) in [6.07, 6.45) is -2.51. The molecule has 0 saturated carbocycles. The molecule has 0 bridgehead atoms. The van der Waals surface area contributed by atoms with Gasteiger partial charge in [-0.2, -0.15) is 0 Å². The first-order valence-corrected chi connectivity index (χ1v) is 6.70. The van der Waals surface area contributed by atoms with Crippen LogP contribution in [-0.2, 0) is 6.54 Å². The Kier molecular flexibility index (Phi) is 6.77. The fourth-order valence-electron chi connectivity index (χ4n) is 2.48. The van der Waals surface area contributed by atoms with E-state index >= 15 is 0 Å². The fourth-order valence-corrected chi connectivity index (χ4v) is 2.48. The summed E-state index contributed by atoms with van der Waals surface area (Å²) in [5, 5.41) is 3.25. The molecule has 1 N–H and O–H groups in total. The molecule has 0 unspecified atom stereocenters. The molecule has 1 aromatic carbocycles. The molecule has 0 aromatic heterocycles. The highest BCUT2D eigenvalue weighted by atomic mass is 35.5. The third-order valence-electron chi connectivity index (χ3n) is 3.53. The molecule has 1 fully saturated rings. The second-order valence-electron chi connectivity index (χ2n) is 5.03. The number of ether oxygens (including phenoxy) is 1. The van der Waals surface area contributed by atoms with E-state index in [1.54, 1.807) is 6.07 Å². The average molecular weight is 325 g/mol. The molecule has 120 valence electrons. The SMILES string of the molecule is CNC1CCN(Cc2cccc(OC(F)(F)F)c2)CC1.Cl. The van der Waals surface area contributed by atoms with Crippen LogP contribution in [0.4, 0.5) is 13.2 Å². The van der Waals surface area contributed by atoms with E-state index in [9.17, 15) is 13.2 Å². The van der Waals surface area contributed by atoms with Gasteiger partial charge in [-0.25, -0.2) is 0 Å². The van der Waals surface area contributed by atoms with Crippen LogP contribution in [0.5, 0.6) is 5.75 Å². The fraction of sp³-hybridized carbons (Fsp3) is 0.571. The van der Waals surface area contributed by atoms with Crippen molar-refractivity contribution in [2.45, 2.75) is 31.8 Å². The van der Waals surface area contributed by atoms with E-state index < -0.39 is 6.36 Å². The van der Waals surface area contributed by atoms with Gasteiger partial charge in [0.25, 0.3) is 0 Å². The number of piperidine rings is 1. The number of rotatable bonds is 4. The van der Waals surface area contributed by atoms with Crippen LogP contribution in [0.2, 0.25) is 0 Å². The van der Waals surface area contributed by atoms with Gasteiger partial charge in [0.1, 0.15) is 5.75 Å². The maximum Gasteiger partial charge on any atom is 0.573 e. The van der Waals surface area contributed by atoms with Gasteiger partial charge in [0.05, 0.1) is 0 Å². The van der Waals surface area contributed by atoms with E-state index in [1.165, 1.54) is 12.1 Å². The minimum atomic E-state index is -4.64. The Morgan fingerprint density at radius 2 is 1.95 bits per heavy atom. The molecule has 1 heterocycles. The molecule has 0 radical (unpaired) electrons. The van der Waals surface area contributed by atoms with Crippen molar-refractivity contribution >= 4 is 12.4 Å². The van der Waals surface area contributed by atoms with Crippen LogP contribution in [0, 0.1) is 0 Å². The topological polar surface area (TPSA) is 24.5 Å². The number of nitrogens with zero attached hydrogens (tertiary/aromatic N) is 1. The zero-order chi connectivity index (χ0) is 14.6. The van der Waals surface area contributed by atoms with Crippen molar-refractivity contribution in [1.29, 1.82) is 0 Å². The second kappa shape index (κ2) is 7.87.